The summed E-state index contributed by atoms with van der Waals surface area (Å²) in [5.74, 6) is 0.872. The van der Waals surface area contributed by atoms with Gasteiger partial charge in [-0.05, 0) is 43.9 Å². The van der Waals surface area contributed by atoms with Gasteiger partial charge >= 0.3 is 6.03 Å². The number of ether oxygens (including phenoxy) is 3. The second-order valence-corrected chi connectivity index (χ2v) is 8.05. The number of nitrogens with one attached hydrogen (secondary N) is 1. The van der Waals surface area contributed by atoms with Crippen LogP contribution in [0.1, 0.15) is 31.2 Å². The number of carbonyl (C=O) groups excluding carboxylic acids is 1. The van der Waals surface area contributed by atoms with E-state index in [1.54, 1.807) is 17.0 Å². The molecular formula is C24H30N2O5. The maximum absolute atomic E-state index is 13.1. The second-order valence-electron chi connectivity index (χ2n) is 8.05. The molecular weight excluding hydrogens is 396 g/mol. The monoisotopic (exact) mass is 426 g/mol. The topological polar surface area (TPSA) is 80.3 Å². The van der Waals surface area contributed by atoms with Crippen LogP contribution in [-0.2, 0) is 16.0 Å². The number of phenols is 1. The van der Waals surface area contributed by atoms with Gasteiger partial charge in [-0.3, -0.25) is 0 Å². The van der Waals surface area contributed by atoms with Gasteiger partial charge in [0.05, 0.1) is 18.8 Å². The van der Waals surface area contributed by atoms with E-state index in [1.807, 2.05) is 36.4 Å². The van der Waals surface area contributed by atoms with Crippen molar-refractivity contribution < 1.29 is 24.1 Å². The molecule has 7 nitrogen and oxygen atoms in total. The molecule has 0 saturated carbocycles. The minimum Gasteiger partial charge on any atom is -0.508 e. The number of rotatable bonds is 8. The average molecular weight is 427 g/mol. The van der Waals surface area contributed by atoms with Crippen molar-refractivity contribution in [2.45, 2.75) is 44.4 Å². The number of urea groups is 1. The summed E-state index contributed by atoms with van der Waals surface area (Å²) in [6, 6.07) is 14.2. The molecule has 0 spiro atoms. The fourth-order valence-corrected chi connectivity index (χ4v) is 3.93. The first kappa shape index (κ1) is 21.5. The van der Waals surface area contributed by atoms with Crippen molar-refractivity contribution in [2.75, 3.05) is 31.7 Å². The van der Waals surface area contributed by atoms with Crippen LogP contribution in [0.2, 0.25) is 0 Å². The van der Waals surface area contributed by atoms with Crippen LogP contribution in [0, 0.1) is 0 Å². The number of nitrogens with zero attached hydrogens (tertiary/aromatic N) is 1. The van der Waals surface area contributed by atoms with Crippen LogP contribution in [0.15, 0.2) is 48.5 Å². The van der Waals surface area contributed by atoms with E-state index in [1.165, 1.54) is 0 Å². The summed E-state index contributed by atoms with van der Waals surface area (Å²) in [6.45, 7) is 2.79. The van der Waals surface area contributed by atoms with Gasteiger partial charge in [-0.2, -0.15) is 0 Å². The van der Waals surface area contributed by atoms with E-state index < -0.39 is 0 Å². The number of benzene rings is 2. The molecule has 166 valence electrons. The van der Waals surface area contributed by atoms with Crippen molar-refractivity contribution in [1.29, 1.82) is 0 Å². The van der Waals surface area contributed by atoms with E-state index in [-0.39, 0.29) is 24.0 Å². The molecule has 2 aliphatic rings. The van der Waals surface area contributed by atoms with E-state index in [2.05, 4.69) is 5.32 Å². The number of phenolic OH excluding ortho intramolecular Hbond substituents is 1. The van der Waals surface area contributed by atoms with Crippen LogP contribution in [0.25, 0.3) is 0 Å². The van der Waals surface area contributed by atoms with Gasteiger partial charge in [-0.15, -0.1) is 0 Å². The molecule has 0 aliphatic carbocycles. The number of hydrogen-bond donors (Lipinski definition) is 2. The first-order valence-corrected chi connectivity index (χ1v) is 11.0. The molecule has 0 radical (unpaired) electrons. The van der Waals surface area contributed by atoms with Crippen LogP contribution < -0.4 is 10.1 Å². The fourth-order valence-electron chi connectivity index (χ4n) is 3.93. The minimum absolute atomic E-state index is 0.0117. The molecule has 2 unspecified atom stereocenters. The Labute approximate surface area is 182 Å². The van der Waals surface area contributed by atoms with E-state index >= 15 is 0 Å². The summed E-state index contributed by atoms with van der Waals surface area (Å²) in [6.07, 6.45) is 4.16. The zero-order valence-electron chi connectivity index (χ0n) is 17.7. The molecule has 31 heavy (non-hydrogen) atoms. The Balaban J connectivity index is 1.41. The lowest BCUT2D eigenvalue weighted by molar-refractivity contribution is 0.0680. The number of aromatic hydroxyl groups is 1. The molecule has 2 saturated heterocycles. The number of amides is 2. The maximum Gasteiger partial charge on any atom is 0.322 e. The molecule has 2 aromatic rings. The molecule has 2 fully saturated rings. The summed E-state index contributed by atoms with van der Waals surface area (Å²) in [4.78, 5) is 14.8. The van der Waals surface area contributed by atoms with Crippen LogP contribution in [0.5, 0.6) is 11.5 Å². The van der Waals surface area contributed by atoms with Crippen molar-refractivity contribution in [3.63, 3.8) is 0 Å². The lowest BCUT2D eigenvalue weighted by atomic mass is 10.1. The number of hydrogen-bond acceptors (Lipinski definition) is 5. The van der Waals surface area contributed by atoms with Gasteiger partial charge in [0.1, 0.15) is 18.1 Å². The van der Waals surface area contributed by atoms with Crippen LogP contribution >= 0.6 is 0 Å². The van der Waals surface area contributed by atoms with Gasteiger partial charge < -0.3 is 29.5 Å². The van der Waals surface area contributed by atoms with E-state index in [9.17, 15) is 9.90 Å². The van der Waals surface area contributed by atoms with Gasteiger partial charge in [-0.25, -0.2) is 4.79 Å². The molecule has 7 heteroatoms. The summed E-state index contributed by atoms with van der Waals surface area (Å²) in [5, 5.41) is 13.1. The Morgan fingerprint density at radius 3 is 2.58 bits per heavy atom. The highest BCUT2D eigenvalue weighted by Gasteiger charge is 2.24. The van der Waals surface area contributed by atoms with E-state index in [0.29, 0.717) is 36.7 Å². The lowest BCUT2D eigenvalue weighted by Crippen LogP contribution is -2.39. The molecule has 2 aromatic carbocycles. The molecule has 0 aromatic heterocycles. The van der Waals surface area contributed by atoms with Crippen molar-refractivity contribution in [1.82, 2.24) is 4.90 Å². The number of para-hydroxylation sites is 1. The summed E-state index contributed by atoms with van der Waals surface area (Å²) < 4.78 is 17.2. The van der Waals surface area contributed by atoms with Crippen LogP contribution in [-0.4, -0.2) is 54.6 Å². The Bertz CT molecular complexity index is 863. The molecule has 2 N–H and O–H groups in total. The third-order valence-electron chi connectivity index (χ3n) is 5.63. The van der Waals surface area contributed by atoms with E-state index in [4.69, 9.17) is 14.2 Å². The van der Waals surface area contributed by atoms with Gasteiger partial charge in [-0.1, -0.05) is 24.3 Å². The van der Waals surface area contributed by atoms with Crippen molar-refractivity contribution in [2.24, 2.45) is 0 Å². The highest BCUT2D eigenvalue weighted by Crippen LogP contribution is 2.23. The number of carbonyl (C=O) groups is 1. The molecule has 2 atom stereocenters. The summed E-state index contributed by atoms with van der Waals surface area (Å²) in [5.41, 5.74) is 1.36. The lowest BCUT2D eigenvalue weighted by Gasteiger charge is -2.26. The largest absolute Gasteiger partial charge is 0.508 e. The molecule has 2 amide bonds. The highest BCUT2D eigenvalue weighted by molar-refractivity contribution is 5.89. The minimum atomic E-state index is -0.241. The smallest absolute Gasteiger partial charge is 0.322 e. The fraction of sp³-hybridized carbons (Fsp3) is 0.458. The molecule has 2 aliphatic heterocycles. The Morgan fingerprint density at radius 1 is 1.06 bits per heavy atom. The number of anilines is 1. The quantitative estimate of drug-likeness (QED) is 0.662. The zero-order valence-corrected chi connectivity index (χ0v) is 17.7. The average Bonchev–Trinajstić information content (AvgIpc) is 3.48. The SMILES string of the molecule is O=C(Nc1cccc(OCC2CCCO2)c1)N(Cc1ccccc1O)CC1CCCO1. The van der Waals surface area contributed by atoms with Crippen LogP contribution in [0.4, 0.5) is 10.5 Å². The predicted octanol–water partition coefficient (Wildman–Crippen LogP) is 4.16. The molecule has 4 rings (SSSR count). The predicted molar refractivity (Wildman–Crippen MR) is 117 cm³/mol. The van der Waals surface area contributed by atoms with Crippen molar-refractivity contribution in [3.05, 3.63) is 54.1 Å². The third kappa shape index (κ3) is 6.12. The standard InChI is InChI=1S/C24H30N2O5/c27-23-11-2-1-6-18(23)15-26(16-21-9-4-12-29-21)24(28)25-19-7-3-8-20(14-19)31-17-22-10-5-13-30-22/h1-3,6-8,11,14,21-22,27H,4-5,9-10,12-13,15-17H2,(H,25,28). The first-order chi connectivity index (χ1) is 15.2. The Morgan fingerprint density at radius 2 is 1.84 bits per heavy atom. The summed E-state index contributed by atoms with van der Waals surface area (Å²) >= 11 is 0. The van der Waals surface area contributed by atoms with Crippen LogP contribution in [0.3, 0.4) is 0 Å². The third-order valence-corrected chi connectivity index (χ3v) is 5.63. The van der Waals surface area contributed by atoms with Gasteiger partial charge in [0, 0.05) is 37.1 Å². The van der Waals surface area contributed by atoms with Gasteiger partial charge in [0.25, 0.3) is 0 Å². The Kier molecular flexibility index (Phi) is 7.27. The maximum atomic E-state index is 13.1. The Hall–Kier alpha value is -2.77. The second kappa shape index (κ2) is 10.5. The van der Waals surface area contributed by atoms with Gasteiger partial charge in [0.2, 0.25) is 0 Å². The van der Waals surface area contributed by atoms with Crippen molar-refractivity contribution in [3.8, 4) is 11.5 Å². The van der Waals surface area contributed by atoms with E-state index in [0.717, 1.165) is 38.9 Å². The molecule has 2 heterocycles. The van der Waals surface area contributed by atoms with Crippen molar-refractivity contribution >= 4 is 11.7 Å². The molecule has 0 bridgehead atoms. The first-order valence-electron chi connectivity index (χ1n) is 11.0. The zero-order chi connectivity index (χ0) is 21.5. The van der Waals surface area contributed by atoms with Gasteiger partial charge in [0.15, 0.2) is 0 Å². The highest BCUT2D eigenvalue weighted by atomic mass is 16.5. The summed E-state index contributed by atoms with van der Waals surface area (Å²) in [7, 11) is 0. The normalized spacial score (nSPS) is 20.5.